The minimum Gasteiger partial charge on any atom is -0.481 e. The number of nitrogens with zero attached hydrogens (tertiary/aromatic N) is 1. The largest absolute Gasteiger partial charge is 0.481 e. The molecule has 2 amide bonds. The average molecular weight is 203 g/mol. The van der Waals surface area contributed by atoms with E-state index >= 15 is 0 Å². The van der Waals surface area contributed by atoms with Gasteiger partial charge in [-0.1, -0.05) is 0 Å². The number of hydrogen-bond acceptors (Lipinski definition) is 3. The van der Waals surface area contributed by atoms with Gasteiger partial charge in [0.15, 0.2) is 0 Å². The molecular formula is C8H17N3O3. The number of nitrogens with one attached hydrogen (secondary N) is 2. The predicted octanol–water partition coefficient (Wildman–Crippen LogP) is 0.0155. The van der Waals surface area contributed by atoms with Crippen molar-refractivity contribution in [3.05, 3.63) is 0 Å². The smallest absolute Gasteiger partial charge is 0.329 e. The van der Waals surface area contributed by atoms with Crippen LogP contribution in [-0.4, -0.2) is 41.8 Å². The zero-order chi connectivity index (χ0) is 11.4. The molecule has 0 rings (SSSR count). The molecule has 0 spiro atoms. The van der Waals surface area contributed by atoms with Crippen molar-refractivity contribution in [2.45, 2.75) is 25.8 Å². The molecule has 0 aliphatic heterocycles. The van der Waals surface area contributed by atoms with Crippen LogP contribution in [0.3, 0.4) is 0 Å². The summed E-state index contributed by atoms with van der Waals surface area (Å²) in [7, 11) is 3.34. The summed E-state index contributed by atoms with van der Waals surface area (Å²) in [5.74, 6) is -0.944. The van der Waals surface area contributed by atoms with Gasteiger partial charge in [0.25, 0.3) is 0 Å². The minimum atomic E-state index is -0.944. The Morgan fingerprint density at radius 2 is 1.86 bits per heavy atom. The molecule has 0 bridgehead atoms. The highest BCUT2D eigenvalue weighted by molar-refractivity contribution is 5.76. The fourth-order valence-corrected chi connectivity index (χ4v) is 0.961. The molecule has 0 atom stereocenters. The van der Waals surface area contributed by atoms with Gasteiger partial charge in [0.1, 0.15) is 0 Å². The van der Waals surface area contributed by atoms with E-state index in [1.807, 2.05) is 0 Å². The summed E-state index contributed by atoms with van der Waals surface area (Å²) >= 11 is 0. The van der Waals surface area contributed by atoms with Crippen molar-refractivity contribution in [1.82, 2.24) is 15.8 Å². The second-order valence-electron chi connectivity index (χ2n) is 3.91. The Balaban J connectivity index is 4.08. The van der Waals surface area contributed by atoms with Gasteiger partial charge in [-0.3, -0.25) is 10.2 Å². The summed E-state index contributed by atoms with van der Waals surface area (Å²) in [5.41, 5.74) is 1.70. The van der Waals surface area contributed by atoms with Crippen LogP contribution in [0.5, 0.6) is 0 Å². The maximum atomic E-state index is 11.2. The number of carboxylic acid groups (broad SMARTS) is 1. The van der Waals surface area contributed by atoms with Gasteiger partial charge in [-0.15, -0.1) is 0 Å². The molecule has 0 fully saturated rings. The molecule has 0 heterocycles. The van der Waals surface area contributed by atoms with Crippen LogP contribution >= 0.6 is 0 Å². The number of hydrogen-bond donors (Lipinski definition) is 3. The first-order valence-electron chi connectivity index (χ1n) is 4.21. The van der Waals surface area contributed by atoms with E-state index in [1.54, 1.807) is 27.9 Å². The number of carbonyl (C=O) groups excluding carboxylic acids is 1. The maximum Gasteiger partial charge on any atom is 0.329 e. The summed E-state index contributed by atoms with van der Waals surface area (Å²) in [6.45, 7) is 3.30. The highest BCUT2D eigenvalue weighted by Crippen LogP contribution is 2.07. The normalized spacial score (nSPS) is 11.2. The third-order valence-corrected chi connectivity index (χ3v) is 1.37. The summed E-state index contributed by atoms with van der Waals surface area (Å²) in [5, 5.41) is 12.6. The molecule has 0 saturated carbocycles. The second kappa shape index (κ2) is 4.80. The molecule has 82 valence electrons. The van der Waals surface area contributed by atoms with Crippen molar-refractivity contribution in [1.29, 1.82) is 0 Å². The second-order valence-corrected chi connectivity index (χ2v) is 3.91. The Bertz CT molecular complexity index is 226. The van der Waals surface area contributed by atoms with Gasteiger partial charge in [-0.25, -0.2) is 9.80 Å². The Morgan fingerprint density at radius 1 is 1.36 bits per heavy atom. The Morgan fingerprint density at radius 3 is 2.21 bits per heavy atom. The van der Waals surface area contributed by atoms with Gasteiger partial charge in [0.2, 0.25) is 0 Å². The molecule has 0 aromatic carbocycles. The zero-order valence-electron chi connectivity index (χ0n) is 8.92. The average Bonchev–Trinajstić information content (AvgIpc) is 1.77. The first-order valence-corrected chi connectivity index (χ1v) is 4.21. The lowest BCUT2D eigenvalue weighted by atomic mass is 10.0. The van der Waals surface area contributed by atoms with Crippen LogP contribution in [0.1, 0.15) is 20.3 Å². The topological polar surface area (TPSA) is 81.7 Å². The third-order valence-electron chi connectivity index (χ3n) is 1.37. The van der Waals surface area contributed by atoms with Crippen molar-refractivity contribution in [3.63, 3.8) is 0 Å². The predicted molar refractivity (Wildman–Crippen MR) is 51.7 cm³/mol. The van der Waals surface area contributed by atoms with E-state index in [4.69, 9.17) is 5.11 Å². The number of aliphatic carboxylic acids is 1. The molecule has 14 heavy (non-hydrogen) atoms. The Kier molecular flexibility index (Phi) is 4.36. The molecule has 3 N–H and O–H groups in total. The van der Waals surface area contributed by atoms with Crippen LogP contribution in [0.25, 0.3) is 0 Å². The molecule has 0 aliphatic rings. The zero-order valence-corrected chi connectivity index (χ0v) is 8.92. The van der Waals surface area contributed by atoms with E-state index < -0.39 is 17.5 Å². The number of carbonyl (C=O) groups is 2. The fraction of sp³-hybridized carbons (Fsp3) is 0.750. The van der Waals surface area contributed by atoms with Crippen molar-refractivity contribution < 1.29 is 14.7 Å². The van der Waals surface area contributed by atoms with Gasteiger partial charge in [-0.2, -0.15) is 0 Å². The monoisotopic (exact) mass is 203 g/mol. The van der Waals surface area contributed by atoms with E-state index in [0.29, 0.717) is 0 Å². The highest BCUT2D eigenvalue weighted by Gasteiger charge is 2.23. The number of urea groups is 1. The van der Waals surface area contributed by atoms with E-state index in [-0.39, 0.29) is 6.42 Å². The number of hydrazine groups is 1. The number of amides is 2. The molecule has 0 aromatic heterocycles. The number of carboxylic acids is 1. The van der Waals surface area contributed by atoms with Crippen LogP contribution in [0, 0.1) is 0 Å². The van der Waals surface area contributed by atoms with Crippen LogP contribution in [0.15, 0.2) is 0 Å². The van der Waals surface area contributed by atoms with E-state index in [9.17, 15) is 9.59 Å². The van der Waals surface area contributed by atoms with E-state index in [2.05, 4.69) is 10.7 Å². The van der Waals surface area contributed by atoms with Crippen molar-refractivity contribution in [2.24, 2.45) is 0 Å². The fourth-order valence-electron chi connectivity index (χ4n) is 0.961. The van der Waals surface area contributed by atoms with Crippen molar-refractivity contribution in [3.8, 4) is 0 Å². The van der Waals surface area contributed by atoms with Gasteiger partial charge in [0.05, 0.1) is 6.42 Å². The minimum absolute atomic E-state index is 0.117. The maximum absolute atomic E-state index is 11.2. The van der Waals surface area contributed by atoms with Gasteiger partial charge in [-0.05, 0) is 13.8 Å². The van der Waals surface area contributed by atoms with Crippen molar-refractivity contribution >= 4 is 12.0 Å². The van der Waals surface area contributed by atoms with Crippen LogP contribution in [0.2, 0.25) is 0 Å². The lowest BCUT2D eigenvalue weighted by molar-refractivity contribution is -0.138. The molecular weight excluding hydrogens is 186 g/mol. The molecule has 6 nitrogen and oxygen atoms in total. The van der Waals surface area contributed by atoms with Crippen molar-refractivity contribution in [2.75, 3.05) is 14.1 Å². The summed E-state index contributed by atoms with van der Waals surface area (Å²) in [6, 6.07) is -0.416. The standard InChI is InChI=1S/C8H17N3O3/c1-8(2,5-6(12)13)9-7(14)10-11(3)4/h5H2,1-4H3,(H,12,13)(H2,9,10,14). The lowest BCUT2D eigenvalue weighted by Gasteiger charge is -2.25. The van der Waals surface area contributed by atoms with E-state index in [0.717, 1.165) is 0 Å². The molecule has 0 aliphatic carbocycles. The van der Waals surface area contributed by atoms with Crippen LogP contribution in [0.4, 0.5) is 4.79 Å². The first-order chi connectivity index (χ1) is 6.23. The van der Waals surface area contributed by atoms with Gasteiger partial charge < -0.3 is 10.4 Å². The van der Waals surface area contributed by atoms with Gasteiger partial charge in [0, 0.05) is 19.6 Å². The number of rotatable bonds is 4. The Labute approximate surface area is 83.2 Å². The first kappa shape index (κ1) is 12.7. The molecule has 0 saturated heterocycles. The van der Waals surface area contributed by atoms with E-state index in [1.165, 1.54) is 5.01 Å². The van der Waals surface area contributed by atoms with Crippen LogP contribution in [-0.2, 0) is 4.79 Å². The third kappa shape index (κ3) is 6.24. The quantitative estimate of drug-likeness (QED) is 0.562. The molecule has 6 heteroatoms. The summed E-state index contributed by atoms with van der Waals surface area (Å²) < 4.78 is 0. The van der Waals surface area contributed by atoms with Crippen LogP contribution < -0.4 is 10.7 Å². The molecule has 0 radical (unpaired) electrons. The van der Waals surface area contributed by atoms with Gasteiger partial charge >= 0.3 is 12.0 Å². The lowest BCUT2D eigenvalue weighted by Crippen LogP contribution is -2.52. The molecule has 0 aromatic rings. The summed E-state index contributed by atoms with van der Waals surface area (Å²) in [6.07, 6.45) is -0.117. The SMILES string of the molecule is CN(C)NC(=O)NC(C)(C)CC(=O)O. The highest BCUT2D eigenvalue weighted by atomic mass is 16.4. The summed E-state index contributed by atoms with van der Waals surface area (Å²) in [4.78, 5) is 21.6. The molecule has 0 unspecified atom stereocenters. The Hall–Kier alpha value is -1.30.